The van der Waals surface area contributed by atoms with Crippen LogP contribution in [0.2, 0.25) is 0 Å². The van der Waals surface area contributed by atoms with E-state index in [1.807, 2.05) is 23.1 Å². The van der Waals surface area contributed by atoms with Crippen LogP contribution in [0.3, 0.4) is 0 Å². The molecule has 0 saturated carbocycles. The maximum atomic E-state index is 4.46. The smallest absolute Gasteiger partial charge is 0.191 e. The van der Waals surface area contributed by atoms with Gasteiger partial charge in [-0.2, -0.15) is 5.10 Å². The summed E-state index contributed by atoms with van der Waals surface area (Å²) in [5, 5.41) is 13.7. The van der Waals surface area contributed by atoms with Crippen molar-refractivity contribution in [2.45, 2.75) is 44.3 Å². The fourth-order valence-electron chi connectivity index (χ4n) is 4.35. The number of piperidine rings is 1. The first kappa shape index (κ1) is 18.4. The molecule has 0 spiro atoms. The Morgan fingerprint density at radius 1 is 1.41 bits per heavy atom. The monoisotopic (exact) mass is 387 g/mol. The van der Waals surface area contributed by atoms with E-state index in [2.05, 4.69) is 55.2 Å². The standard InChI is InChI=1S/C19H29N7S/c1-20-19(24-15-7-8-17-22-13-23-26(17)12-15)21-11-14-5-3-9-25(2)18(14)16-6-4-10-27-16/h4,6,10,13-15,18H,3,5,7-9,11-12H2,1-2H3,(H2,20,21,24). The van der Waals surface area contributed by atoms with Gasteiger partial charge in [-0.15, -0.1) is 11.3 Å². The summed E-state index contributed by atoms with van der Waals surface area (Å²) in [6.45, 7) is 2.96. The average Bonchev–Trinajstić information content (AvgIpc) is 3.36. The summed E-state index contributed by atoms with van der Waals surface area (Å²) in [6, 6.07) is 5.27. The minimum atomic E-state index is 0.340. The van der Waals surface area contributed by atoms with Crippen molar-refractivity contribution in [3.8, 4) is 0 Å². The summed E-state index contributed by atoms with van der Waals surface area (Å²) in [5.41, 5.74) is 0. The number of hydrogen-bond acceptors (Lipinski definition) is 5. The van der Waals surface area contributed by atoms with Crippen LogP contribution in [0.15, 0.2) is 28.8 Å². The molecule has 27 heavy (non-hydrogen) atoms. The number of nitrogens with zero attached hydrogens (tertiary/aromatic N) is 5. The van der Waals surface area contributed by atoms with Crippen LogP contribution < -0.4 is 10.6 Å². The number of aryl methyl sites for hydroxylation is 1. The first-order valence-corrected chi connectivity index (χ1v) is 10.7. The zero-order valence-corrected chi connectivity index (χ0v) is 17.0. The average molecular weight is 388 g/mol. The largest absolute Gasteiger partial charge is 0.356 e. The fraction of sp³-hybridized carbons (Fsp3) is 0.632. The van der Waals surface area contributed by atoms with Crippen molar-refractivity contribution in [2.75, 3.05) is 27.2 Å². The lowest BCUT2D eigenvalue weighted by Gasteiger charge is -2.39. The van der Waals surface area contributed by atoms with Gasteiger partial charge in [-0.05, 0) is 50.2 Å². The Bertz CT molecular complexity index is 754. The molecule has 8 heteroatoms. The minimum absolute atomic E-state index is 0.340. The highest BCUT2D eigenvalue weighted by molar-refractivity contribution is 7.10. The summed E-state index contributed by atoms with van der Waals surface area (Å²) >= 11 is 1.87. The summed E-state index contributed by atoms with van der Waals surface area (Å²) in [7, 11) is 4.10. The van der Waals surface area contributed by atoms with Gasteiger partial charge >= 0.3 is 0 Å². The molecule has 3 unspecified atom stereocenters. The molecular weight excluding hydrogens is 358 g/mol. The Morgan fingerprint density at radius 3 is 3.15 bits per heavy atom. The van der Waals surface area contributed by atoms with Crippen LogP contribution in [-0.2, 0) is 13.0 Å². The summed E-state index contributed by atoms with van der Waals surface area (Å²) in [4.78, 5) is 12.7. The Morgan fingerprint density at radius 2 is 2.33 bits per heavy atom. The summed E-state index contributed by atoms with van der Waals surface area (Å²) in [5.74, 6) is 2.57. The van der Waals surface area contributed by atoms with Gasteiger partial charge in [-0.1, -0.05) is 6.07 Å². The van der Waals surface area contributed by atoms with Crippen molar-refractivity contribution >= 4 is 17.3 Å². The number of nitrogens with one attached hydrogen (secondary N) is 2. The zero-order valence-electron chi connectivity index (χ0n) is 16.1. The predicted octanol–water partition coefficient (Wildman–Crippen LogP) is 1.90. The molecule has 4 rings (SSSR count). The zero-order chi connectivity index (χ0) is 18.6. The number of thiophene rings is 1. The number of aliphatic imine (C=N–C) groups is 1. The highest BCUT2D eigenvalue weighted by atomic mass is 32.1. The molecule has 2 aromatic rings. The lowest BCUT2D eigenvalue weighted by atomic mass is 9.88. The quantitative estimate of drug-likeness (QED) is 0.619. The topological polar surface area (TPSA) is 70.4 Å². The molecule has 0 bridgehead atoms. The van der Waals surface area contributed by atoms with E-state index in [9.17, 15) is 0 Å². The van der Waals surface area contributed by atoms with Gasteiger partial charge < -0.3 is 10.6 Å². The number of guanidine groups is 1. The Balaban J connectivity index is 1.35. The number of hydrogen-bond donors (Lipinski definition) is 2. The predicted molar refractivity (Wildman–Crippen MR) is 109 cm³/mol. The van der Waals surface area contributed by atoms with E-state index in [1.165, 1.54) is 24.3 Å². The molecule has 0 radical (unpaired) electrons. The van der Waals surface area contributed by atoms with Gasteiger partial charge in [0, 0.05) is 37.0 Å². The lowest BCUT2D eigenvalue weighted by Crippen LogP contribution is -2.49. The van der Waals surface area contributed by atoms with Crippen LogP contribution in [0, 0.1) is 5.92 Å². The van der Waals surface area contributed by atoms with Gasteiger partial charge in [0.1, 0.15) is 12.2 Å². The van der Waals surface area contributed by atoms with Gasteiger partial charge in [-0.3, -0.25) is 9.89 Å². The summed E-state index contributed by atoms with van der Waals surface area (Å²) < 4.78 is 2.00. The van der Waals surface area contributed by atoms with Crippen molar-refractivity contribution < 1.29 is 0 Å². The number of likely N-dealkylation sites (tertiary alicyclic amines) is 1. The minimum Gasteiger partial charge on any atom is -0.356 e. The SMILES string of the molecule is CN=C(NCC1CCCN(C)C1c1cccs1)NC1CCc2ncnn2C1. The van der Waals surface area contributed by atoms with Crippen LogP contribution in [0.1, 0.15) is 36.0 Å². The Labute approximate surface area is 164 Å². The molecule has 0 aliphatic carbocycles. The maximum Gasteiger partial charge on any atom is 0.191 e. The van der Waals surface area contributed by atoms with Gasteiger partial charge in [0.05, 0.1) is 6.54 Å². The Hall–Kier alpha value is -1.93. The molecule has 0 aromatic carbocycles. The molecule has 4 heterocycles. The van der Waals surface area contributed by atoms with E-state index in [0.29, 0.717) is 18.0 Å². The van der Waals surface area contributed by atoms with Gasteiger partial charge in [0.25, 0.3) is 0 Å². The second kappa shape index (κ2) is 8.39. The van der Waals surface area contributed by atoms with Crippen LogP contribution in [0.25, 0.3) is 0 Å². The molecule has 1 fully saturated rings. The van der Waals surface area contributed by atoms with E-state index >= 15 is 0 Å². The summed E-state index contributed by atoms with van der Waals surface area (Å²) in [6.07, 6.45) is 6.18. The third-order valence-corrected chi connectivity index (χ3v) is 6.69. The van der Waals surface area contributed by atoms with Gasteiger partial charge in [0.15, 0.2) is 5.96 Å². The van der Waals surface area contributed by atoms with Gasteiger partial charge in [0.2, 0.25) is 0 Å². The molecule has 2 N–H and O–H groups in total. The highest BCUT2D eigenvalue weighted by Crippen LogP contribution is 2.36. The molecular formula is C19H29N7S. The number of aromatic nitrogens is 3. The van der Waals surface area contributed by atoms with Gasteiger partial charge in [-0.25, -0.2) is 9.67 Å². The van der Waals surface area contributed by atoms with Crippen LogP contribution in [0.5, 0.6) is 0 Å². The van der Waals surface area contributed by atoms with Crippen molar-refractivity contribution in [2.24, 2.45) is 10.9 Å². The molecule has 3 atom stereocenters. The van der Waals surface area contributed by atoms with Crippen molar-refractivity contribution in [1.82, 2.24) is 30.3 Å². The van der Waals surface area contributed by atoms with Crippen LogP contribution in [-0.4, -0.2) is 58.9 Å². The molecule has 7 nitrogen and oxygen atoms in total. The lowest BCUT2D eigenvalue weighted by molar-refractivity contribution is 0.125. The van der Waals surface area contributed by atoms with Crippen LogP contribution >= 0.6 is 11.3 Å². The first-order chi connectivity index (χ1) is 13.2. The second-order valence-electron chi connectivity index (χ2n) is 7.53. The van der Waals surface area contributed by atoms with Crippen molar-refractivity contribution in [1.29, 1.82) is 0 Å². The number of fused-ring (bicyclic) bond motifs is 1. The number of rotatable bonds is 4. The molecule has 2 aliphatic heterocycles. The van der Waals surface area contributed by atoms with E-state index in [-0.39, 0.29) is 0 Å². The second-order valence-corrected chi connectivity index (χ2v) is 8.51. The van der Waals surface area contributed by atoms with E-state index in [0.717, 1.165) is 37.7 Å². The fourth-order valence-corrected chi connectivity index (χ4v) is 5.34. The molecule has 146 valence electrons. The van der Waals surface area contributed by atoms with Crippen molar-refractivity contribution in [3.63, 3.8) is 0 Å². The normalized spacial score (nSPS) is 26.6. The van der Waals surface area contributed by atoms with E-state index in [1.54, 1.807) is 6.33 Å². The van der Waals surface area contributed by atoms with Crippen LogP contribution in [0.4, 0.5) is 0 Å². The van der Waals surface area contributed by atoms with E-state index in [4.69, 9.17) is 0 Å². The van der Waals surface area contributed by atoms with E-state index < -0.39 is 0 Å². The molecule has 0 amide bonds. The van der Waals surface area contributed by atoms with Crippen molar-refractivity contribution in [3.05, 3.63) is 34.5 Å². The molecule has 2 aromatic heterocycles. The third-order valence-electron chi connectivity index (χ3n) is 5.74. The highest BCUT2D eigenvalue weighted by Gasteiger charge is 2.31. The molecule has 2 aliphatic rings. The Kier molecular flexibility index (Phi) is 5.73. The maximum absolute atomic E-state index is 4.46. The third kappa shape index (κ3) is 4.16. The molecule has 1 saturated heterocycles. The first-order valence-electron chi connectivity index (χ1n) is 9.82.